The number of nitrogen functional groups attached to an aromatic ring is 1. The molecule has 0 amide bonds. The Bertz CT molecular complexity index is 340. The number of aromatic nitrogens is 2. The van der Waals surface area contributed by atoms with Crippen LogP contribution in [0, 0.1) is 6.92 Å². The van der Waals surface area contributed by atoms with Crippen LogP contribution in [0.2, 0.25) is 0 Å². The van der Waals surface area contributed by atoms with Crippen LogP contribution in [0.3, 0.4) is 0 Å². The average molecular weight is 211 g/mol. The van der Waals surface area contributed by atoms with E-state index < -0.39 is 0 Å². The summed E-state index contributed by atoms with van der Waals surface area (Å²) in [4.78, 5) is 10.3. The molecule has 6 heteroatoms. The van der Waals surface area contributed by atoms with Gasteiger partial charge in [-0.3, -0.25) is 0 Å². The molecule has 1 aromatic heterocycles. The van der Waals surface area contributed by atoms with Gasteiger partial charge in [0.15, 0.2) is 5.82 Å². The molecular formula is C9H17N5O. The summed E-state index contributed by atoms with van der Waals surface area (Å²) in [6.45, 7) is 2.29. The molecule has 0 fully saturated rings. The average Bonchev–Trinajstić information content (AvgIpc) is 2.19. The molecule has 0 aliphatic rings. The van der Waals surface area contributed by atoms with Crippen molar-refractivity contribution in [2.45, 2.75) is 6.92 Å². The fourth-order valence-electron chi connectivity index (χ4n) is 1.08. The molecule has 0 aliphatic carbocycles. The third kappa shape index (κ3) is 2.69. The molecule has 4 N–H and O–H groups in total. The van der Waals surface area contributed by atoms with Gasteiger partial charge in [-0.1, -0.05) is 0 Å². The highest BCUT2D eigenvalue weighted by Gasteiger charge is 2.09. The molecule has 1 aromatic rings. The minimum Gasteiger partial charge on any atom is -0.395 e. The molecule has 1 rings (SSSR count). The third-order valence-electron chi connectivity index (χ3n) is 1.93. The van der Waals surface area contributed by atoms with Crippen LogP contribution in [0.1, 0.15) is 5.69 Å². The minimum atomic E-state index is 0.0415. The van der Waals surface area contributed by atoms with Gasteiger partial charge < -0.3 is 21.1 Å². The van der Waals surface area contributed by atoms with E-state index in [0.29, 0.717) is 24.0 Å². The maximum absolute atomic E-state index is 8.71. The molecule has 0 aromatic carbocycles. The van der Waals surface area contributed by atoms with E-state index in [9.17, 15) is 0 Å². The highest BCUT2D eigenvalue weighted by molar-refractivity contribution is 5.65. The van der Waals surface area contributed by atoms with Gasteiger partial charge in [0.1, 0.15) is 0 Å². The number of aliphatic hydroxyl groups excluding tert-OH is 1. The lowest BCUT2D eigenvalue weighted by molar-refractivity contribution is 0.311. The van der Waals surface area contributed by atoms with E-state index in [-0.39, 0.29) is 6.61 Å². The zero-order chi connectivity index (χ0) is 11.4. The van der Waals surface area contributed by atoms with E-state index in [4.69, 9.17) is 10.8 Å². The summed E-state index contributed by atoms with van der Waals surface area (Å²) in [6.07, 6.45) is 0. The lowest BCUT2D eigenvalue weighted by Gasteiger charge is -2.15. The van der Waals surface area contributed by atoms with Gasteiger partial charge in [-0.05, 0) is 6.92 Å². The van der Waals surface area contributed by atoms with Crippen LogP contribution in [0.15, 0.2) is 0 Å². The number of nitrogens with two attached hydrogens (primary N) is 1. The molecule has 0 saturated heterocycles. The molecule has 84 valence electrons. The lowest BCUT2D eigenvalue weighted by Crippen LogP contribution is -2.17. The lowest BCUT2D eigenvalue weighted by atomic mass is 10.3. The zero-order valence-electron chi connectivity index (χ0n) is 9.28. The van der Waals surface area contributed by atoms with Crippen LogP contribution >= 0.6 is 0 Å². The number of aryl methyl sites for hydroxylation is 1. The predicted molar refractivity (Wildman–Crippen MR) is 61.1 cm³/mol. The summed E-state index contributed by atoms with van der Waals surface area (Å²) in [5.74, 6) is 1.17. The fourth-order valence-corrected chi connectivity index (χ4v) is 1.08. The number of rotatable bonds is 4. The molecule has 15 heavy (non-hydrogen) atoms. The molecule has 0 atom stereocenters. The van der Waals surface area contributed by atoms with Crippen molar-refractivity contribution in [3.05, 3.63) is 5.69 Å². The second-order valence-corrected chi connectivity index (χ2v) is 3.42. The molecule has 0 saturated carbocycles. The first-order valence-electron chi connectivity index (χ1n) is 4.72. The van der Waals surface area contributed by atoms with Crippen molar-refractivity contribution >= 4 is 17.5 Å². The van der Waals surface area contributed by atoms with Crippen molar-refractivity contribution in [2.75, 3.05) is 43.2 Å². The van der Waals surface area contributed by atoms with Gasteiger partial charge in [-0.25, -0.2) is 4.98 Å². The predicted octanol–water partition coefficient (Wildman–Crippen LogP) is -0.163. The van der Waals surface area contributed by atoms with Gasteiger partial charge >= 0.3 is 0 Å². The normalized spacial score (nSPS) is 10.1. The highest BCUT2D eigenvalue weighted by Crippen LogP contribution is 2.20. The molecule has 0 bridgehead atoms. The van der Waals surface area contributed by atoms with Crippen molar-refractivity contribution < 1.29 is 5.11 Å². The summed E-state index contributed by atoms with van der Waals surface area (Å²) >= 11 is 0. The molecule has 6 nitrogen and oxygen atoms in total. The molecular weight excluding hydrogens is 194 g/mol. The summed E-state index contributed by atoms with van der Waals surface area (Å²) < 4.78 is 0. The molecule has 0 spiro atoms. The monoisotopic (exact) mass is 211 g/mol. The maximum Gasteiger partial charge on any atom is 0.227 e. The largest absolute Gasteiger partial charge is 0.395 e. The van der Waals surface area contributed by atoms with E-state index in [2.05, 4.69) is 15.3 Å². The van der Waals surface area contributed by atoms with Gasteiger partial charge in [0.25, 0.3) is 0 Å². The second kappa shape index (κ2) is 4.79. The van der Waals surface area contributed by atoms with Gasteiger partial charge in [0, 0.05) is 20.6 Å². The Kier molecular flexibility index (Phi) is 3.68. The van der Waals surface area contributed by atoms with Crippen LogP contribution in [0.5, 0.6) is 0 Å². The zero-order valence-corrected chi connectivity index (χ0v) is 9.28. The van der Waals surface area contributed by atoms with Crippen LogP contribution < -0.4 is 16.0 Å². The standard InChI is InChI=1S/C9H17N5O/c1-6-7(10)8(11-4-5-15)13-9(12-6)14(2)3/h15H,4-5,10H2,1-3H3,(H,11,12,13). The van der Waals surface area contributed by atoms with E-state index in [1.807, 2.05) is 21.0 Å². The Morgan fingerprint density at radius 3 is 2.60 bits per heavy atom. The van der Waals surface area contributed by atoms with Crippen molar-refractivity contribution in [1.82, 2.24) is 9.97 Å². The first-order valence-corrected chi connectivity index (χ1v) is 4.72. The Balaban J connectivity index is 3.02. The van der Waals surface area contributed by atoms with Gasteiger partial charge in [-0.2, -0.15) is 4.98 Å². The highest BCUT2D eigenvalue weighted by atomic mass is 16.3. The Morgan fingerprint density at radius 1 is 1.40 bits per heavy atom. The van der Waals surface area contributed by atoms with E-state index in [1.165, 1.54) is 0 Å². The van der Waals surface area contributed by atoms with Gasteiger partial charge in [-0.15, -0.1) is 0 Å². The van der Waals surface area contributed by atoms with E-state index >= 15 is 0 Å². The van der Waals surface area contributed by atoms with Crippen LogP contribution in [-0.4, -0.2) is 42.3 Å². The van der Waals surface area contributed by atoms with Crippen LogP contribution in [0.25, 0.3) is 0 Å². The Hall–Kier alpha value is -1.56. The Labute approximate surface area is 89.1 Å². The van der Waals surface area contributed by atoms with Crippen molar-refractivity contribution in [3.8, 4) is 0 Å². The third-order valence-corrected chi connectivity index (χ3v) is 1.93. The summed E-state index contributed by atoms with van der Waals surface area (Å²) in [7, 11) is 3.72. The summed E-state index contributed by atoms with van der Waals surface area (Å²) in [5.41, 5.74) is 7.06. The maximum atomic E-state index is 8.71. The van der Waals surface area contributed by atoms with Crippen LogP contribution in [-0.2, 0) is 0 Å². The smallest absolute Gasteiger partial charge is 0.227 e. The van der Waals surface area contributed by atoms with Crippen LogP contribution in [0.4, 0.5) is 17.5 Å². The SMILES string of the molecule is Cc1nc(N(C)C)nc(NCCO)c1N. The quantitative estimate of drug-likeness (QED) is 0.641. The van der Waals surface area contributed by atoms with Crippen molar-refractivity contribution in [3.63, 3.8) is 0 Å². The number of anilines is 3. The number of nitrogens with zero attached hydrogens (tertiary/aromatic N) is 3. The van der Waals surface area contributed by atoms with Gasteiger partial charge in [0.05, 0.1) is 18.0 Å². The minimum absolute atomic E-state index is 0.0415. The van der Waals surface area contributed by atoms with Gasteiger partial charge in [0.2, 0.25) is 5.95 Å². The van der Waals surface area contributed by atoms with Crippen molar-refractivity contribution in [2.24, 2.45) is 0 Å². The van der Waals surface area contributed by atoms with E-state index in [1.54, 1.807) is 4.90 Å². The molecule has 0 radical (unpaired) electrons. The van der Waals surface area contributed by atoms with E-state index in [0.717, 1.165) is 5.69 Å². The number of nitrogens with one attached hydrogen (secondary N) is 1. The molecule has 1 heterocycles. The fraction of sp³-hybridized carbons (Fsp3) is 0.556. The first kappa shape index (κ1) is 11.5. The number of hydrogen-bond donors (Lipinski definition) is 3. The first-order chi connectivity index (χ1) is 7.06. The Morgan fingerprint density at radius 2 is 2.07 bits per heavy atom. The summed E-state index contributed by atoms with van der Waals surface area (Å²) in [5, 5.41) is 11.7. The number of hydrogen-bond acceptors (Lipinski definition) is 6. The molecule has 0 aliphatic heterocycles. The van der Waals surface area contributed by atoms with Crippen molar-refractivity contribution in [1.29, 1.82) is 0 Å². The molecule has 0 unspecified atom stereocenters. The topological polar surface area (TPSA) is 87.3 Å². The second-order valence-electron chi connectivity index (χ2n) is 3.42. The summed E-state index contributed by atoms with van der Waals surface area (Å²) in [6, 6.07) is 0. The number of aliphatic hydroxyl groups is 1.